The van der Waals surface area contributed by atoms with Gasteiger partial charge in [0.05, 0.1) is 16.7 Å². The number of nitrogens with zero attached hydrogens (tertiary/aromatic N) is 5. The Morgan fingerprint density at radius 1 is 0.909 bits per heavy atom. The van der Waals surface area contributed by atoms with Crippen molar-refractivity contribution in [2.24, 2.45) is 0 Å². The first-order valence-electron chi connectivity index (χ1n) is 10.1. The Bertz CT molecular complexity index is 1150. The van der Waals surface area contributed by atoms with Crippen molar-refractivity contribution in [3.05, 3.63) is 53.2 Å². The van der Waals surface area contributed by atoms with Gasteiger partial charge in [0.2, 0.25) is 0 Å². The summed E-state index contributed by atoms with van der Waals surface area (Å²) in [7, 11) is 0. The van der Waals surface area contributed by atoms with Gasteiger partial charge in [-0.15, -0.1) is 10.2 Å². The quantitative estimate of drug-likeness (QED) is 0.537. The van der Waals surface area contributed by atoms with Crippen molar-refractivity contribution in [3.8, 4) is 11.4 Å². The Morgan fingerprint density at radius 2 is 1.52 bits per heavy atom. The molecule has 2 aromatic heterocycles. The van der Waals surface area contributed by atoms with E-state index in [0.29, 0.717) is 38.3 Å². The molecule has 0 N–H and O–H groups in total. The van der Waals surface area contributed by atoms with Gasteiger partial charge in [0.1, 0.15) is 0 Å². The summed E-state index contributed by atoms with van der Waals surface area (Å²) in [6.45, 7) is 5.36. The molecule has 33 heavy (non-hydrogen) atoms. The van der Waals surface area contributed by atoms with Crippen molar-refractivity contribution in [2.75, 3.05) is 32.7 Å². The van der Waals surface area contributed by atoms with Crippen LogP contribution in [0.15, 0.2) is 36.5 Å². The van der Waals surface area contributed by atoms with Crippen molar-refractivity contribution in [2.45, 2.75) is 19.3 Å². The number of carbonyl (C=O) groups excluding carboxylic acids is 1. The van der Waals surface area contributed by atoms with E-state index in [4.69, 9.17) is 0 Å². The first-order chi connectivity index (χ1) is 15.5. The van der Waals surface area contributed by atoms with Crippen LogP contribution >= 0.6 is 0 Å². The Labute approximate surface area is 184 Å². The SMILES string of the molecule is CCN1CCN(C(=O)c2ccc3nnc(-c4cc(C(F)(F)F)cc(C(F)(F)F)c4)n3c2)CC1. The third-order valence-electron chi connectivity index (χ3n) is 5.60. The van der Waals surface area contributed by atoms with E-state index in [-0.39, 0.29) is 29.0 Å². The highest BCUT2D eigenvalue weighted by Gasteiger charge is 2.37. The summed E-state index contributed by atoms with van der Waals surface area (Å²) < 4.78 is 80.8. The molecule has 0 unspecified atom stereocenters. The van der Waals surface area contributed by atoms with Gasteiger partial charge in [0.15, 0.2) is 11.5 Å². The summed E-state index contributed by atoms with van der Waals surface area (Å²) in [6, 6.07) is 4.19. The second-order valence-electron chi connectivity index (χ2n) is 7.69. The number of likely N-dealkylation sites (N-methyl/N-ethyl adjacent to an activating group) is 1. The number of alkyl halides is 6. The van der Waals surface area contributed by atoms with Gasteiger partial charge in [-0.25, -0.2) is 0 Å². The first kappa shape index (κ1) is 23.0. The molecule has 4 rings (SSSR count). The van der Waals surface area contributed by atoms with Crippen LogP contribution in [0.1, 0.15) is 28.4 Å². The second kappa shape index (κ2) is 8.32. The third kappa shape index (κ3) is 4.65. The van der Waals surface area contributed by atoms with E-state index < -0.39 is 29.0 Å². The Hall–Kier alpha value is -3.15. The Balaban J connectivity index is 1.75. The topological polar surface area (TPSA) is 53.7 Å². The summed E-state index contributed by atoms with van der Waals surface area (Å²) in [4.78, 5) is 16.8. The Morgan fingerprint density at radius 3 is 2.06 bits per heavy atom. The summed E-state index contributed by atoms with van der Waals surface area (Å²) >= 11 is 0. The van der Waals surface area contributed by atoms with Crippen LogP contribution in [-0.2, 0) is 12.4 Å². The normalized spacial score (nSPS) is 15.9. The molecule has 0 saturated carbocycles. The Kier molecular flexibility index (Phi) is 5.81. The van der Waals surface area contributed by atoms with Gasteiger partial charge in [0, 0.05) is 37.9 Å². The molecular weight excluding hydrogens is 452 g/mol. The first-order valence-corrected chi connectivity index (χ1v) is 10.1. The van der Waals surface area contributed by atoms with Crippen LogP contribution in [0, 0.1) is 0 Å². The van der Waals surface area contributed by atoms with Crippen molar-refractivity contribution in [1.82, 2.24) is 24.4 Å². The monoisotopic (exact) mass is 471 g/mol. The van der Waals surface area contributed by atoms with Crippen LogP contribution in [0.4, 0.5) is 26.3 Å². The number of hydrogen-bond donors (Lipinski definition) is 0. The molecule has 0 atom stereocenters. The van der Waals surface area contributed by atoms with E-state index >= 15 is 0 Å². The lowest BCUT2D eigenvalue weighted by atomic mass is 10.0. The summed E-state index contributed by atoms with van der Waals surface area (Å²) in [6.07, 6.45) is -8.64. The second-order valence-corrected chi connectivity index (χ2v) is 7.69. The van der Waals surface area contributed by atoms with Crippen molar-refractivity contribution in [1.29, 1.82) is 0 Å². The molecular formula is C21H19F6N5O. The standard InChI is InChI=1S/C21H19F6N5O/c1-2-30-5-7-31(8-6-30)19(33)13-3-4-17-28-29-18(32(17)12-13)14-9-15(20(22,23)24)11-16(10-14)21(25,26)27/h3-4,9-12H,2,5-8H2,1H3. The van der Waals surface area contributed by atoms with Gasteiger partial charge in [0.25, 0.3) is 5.91 Å². The van der Waals surface area contributed by atoms with E-state index in [0.717, 1.165) is 6.54 Å². The van der Waals surface area contributed by atoms with Crippen LogP contribution in [0.5, 0.6) is 0 Å². The molecule has 3 aromatic rings. The van der Waals surface area contributed by atoms with Crippen LogP contribution < -0.4 is 0 Å². The lowest BCUT2D eigenvalue weighted by Gasteiger charge is -2.34. The van der Waals surface area contributed by atoms with Crippen LogP contribution in [-0.4, -0.2) is 63.0 Å². The van der Waals surface area contributed by atoms with E-state index in [1.807, 2.05) is 6.92 Å². The number of amides is 1. The fraction of sp³-hybridized carbons (Fsp3) is 0.381. The van der Waals surface area contributed by atoms with Gasteiger partial charge >= 0.3 is 12.4 Å². The molecule has 1 aliphatic rings. The molecule has 1 aromatic carbocycles. The maximum absolute atomic E-state index is 13.3. The number of benzene rings is 1. The molecule has 0 radical (unpaired) electrons. The van der Waals surface area contributed by atoms with Crippen molar-refractivity contribution in [3.63, 3.8) is 0 Å². The average molecular weight is 471 g/mol. The van der Waals surface area contributed by atoms with Crippen molar-refractivity contribution >= 4 is 11.6 Å². The minimum Gasteiger partial charge on any atom is -0.336 e. The molecule has 176 valence electrons. The van der Waals surface area contributed by atoms with Crippen LogP contribution in [0.25, 0.3) is 17.0 Å². The van der Waals surface area contributed by atoms with Gasteiger partial charge in [-0.2, -0.15) is 26.3 Å². The fourth-order valence-electron chi connectivity index (χ4n) is 3.75. The highest BCUT2D eigenvalue weighted by atomic mass is 19.4. The molecule has 0 aliphatic carbocycles. The summed E-state index contributed by atoms with van der Waals surface area (Å²) in [5.41, 5.74) is -2.90. The van der Waals surface area contributed by atoms with E-state index in [1.54, 1.807) is 4.90 Å². The zero-order chi connectivity index (χ0) is 24.0. The smallest absolute Gasteiger partial charge is 0.336 e. The number of hydrogen-bond acceptors (Lipinski definition) is 4. The third-order valence-corrected chi connectivity index (χ3v) is 5.60. The number of aromatic nitrogens is 3. The molecule has 6 nitrogen and oxygen atoms in total. The van der Waals surface area contributed by atoms with Crippen molar-refractivity contribution < 1.29 is 31.1 Å². The molecule has 1 saturated heterocycles. The molecule has 1 fully saturated rings. The maximum Gasteiger partial charge on any atom is 0.416 e. The van der Waals surface area contributed by atoms with E-state index in [9.17, 15) is 31.1 Å². The minimum absolute atomic E-state index is 0.0532. The number of halogens is 6. The van der Waals surface area contributed by atoms with Gasteiger partial charge < -0.3 is 9.80 Å². The summed E-state index contributed by atoms with van der Waals surface area (Å²) in [5, 5.41) is 7.62. The number of pyridine rings is 1. The zero-order valence-electron chi connectivity index (χ0n) is 17.4. The van der Waals surface area contributed by atoms with Gasteiger partial charge in [-0.1, -0.05) is 6.92 Å². The fourth-order valence-corrected chi connectivity index (χ4v) is 3.75. The molecule has 12 heteroatoms. The van der Waals surface area contributed by atoms with Crippen LogP contribution in [0.2, 0.25) is 0 Å². The lowest BCUT2D eigenvalue weighted by Crippen LogP contribution is -2.48. The molecule has 0 bridgehead atoms. The largest absolute Gasteiger partial charge is 0.416 e. The predicted octanol–water partition coefficient (Wildman–Crippen LogP) is 4.21. The number of carbonyl (C=O) groups is 1. The highest BCUT2D eigenvalue weighted by Crippen LogP contribution is 2.38. The minimum atomic E-state index is -4.99. The van der Waals surface area contributed by atoms with Crippen LogP contribution in [0.3, 0.4) is 0 Å². The molecule has 0 spiro atoms. The lowest BCUT2D eigenvalue weighted by molar-refractivity contribution is -0.143. The van der Waals surface area contributed by atoms with Gasteiger partial charge in [-0.05, 0) is 36.9 Å². The molecule has 3 heterocycles. The summed E-state index contributed by atoms with van der Waals surface area (Å²) in [5.74, 6) is -0.514. The number of rotatable bonds is 3. The zero-order valence-corrected chi connectivity index (χ0v) is 17.4. The van der Waals surface area contributed by atoms with E-state index in [1.165, 1.54) is 22.7 Å². The molecule has 1 amide bonds. The number of piperazine rings is 1. The predicted molar refractivity (Wildman–Crippen MR) is 106 cm³/mol. The number of fused-ring (bicyclic) bond motifs is 1. The maximum atomic E-state index is 13.3. The molecule has 1 aliphatic heterocycles. The van der Waals surface area contributed by atoms with E-state index in [2.05, 4.69) is 15.1 Å². The highest BCUT2D eigenvalue weighted by molar-refractivity contribution is 5.94. The average Bonchev–Trinajstić information content (AvgIpc) is 3.20. The van der Waals surface area contributed by atoms with Gasteiger partial charge in [-0.3, -0.25) is 9.20 Å².